The summed E-state index contributed by atoms with van der Waals surface area (Å²) in [5, 5.41) is 23.3. The molecule has 0 bridgehead atoms. The van der Waals surface area contributed by atoms with E-state index in [9.17, 15) is 19.8 Å². The highest BCUT2D eigenvalue weighted by Crippen LogP contribution is 2.19. The number of aliphatic hydroxyl groups excluding tert-OH is 2. The van der Waals surface area contributed by atoms with Gasteiger partial charge in [-0.05, 0) is 51.4 Å². The third-order valence-corrected chi connectivity index (χ3v) is 16.3. The number of allylic oxidation sites excluding steroid dienone is 2. The van der Waals surface area contributed by atoms with Crippen LogP contribution in [0.1, 0.15) is 393 Å². The van der Waals surface area contributed by atoms with E-state index in [0.717, 1.165) is 38.5 Å². The van der Waals surface area contributed by atoms with Gasteiger partial charge >= 0.3 is 5.97 Å². The molecule has 1 amide bonds. The molecule has 75 heavy (non-hydrogen) atoms. The van der Waals surface area contributed by atoms with Crippen molar-refractivity contribution in [1.29, 1.82) is 0 Å². The first-order valence-corrected chi connectivity index (χ1v) is 34.4. The van der Waals surface area contributed by atoms with Crippen molar-refractivity contribution in [2.45, 2.75) is 405 Å². The molecule has 2 atom stereocenters. The minimum Gasteiger partial charge on any atom is -0.466 e. The third kappa shape index (κ3) is 61.7. The maximum Gasteiger partial charge on any atom is 0.305 e. The third-order valence-electron chi connectivity index (χ3n) is 16.3. The van der Waals surface area contributed by atoms with E-state index < -0.39 is 12.1 Å². The zero-order valence-corrected chi connectivity index (χ0v) is 51.1. The molecular weight excluding hydrogens is 923 g/mol. The molecule has 0 aromatic rings. The number of carbonyl (C=O) groups excluding carboxylic acids is 2. The van der Waals surface area contributed by atoms with Gasteiger partial charge in [0.15, 0.2) is 0 Å². The number of nitrogens with one attached hydrogen (secondary N) is 1. The van der Waals surface area contributed by atoms with E-state index in [1.165, 1.54) is 321 Å². The summed E-state index contributed by atoms with van der Waals surface area (Å²) >= 11 is 0. The van der Waals surface area contributed by atoms with Crippen LogP contribution < -0.4 is 5.32 Å². The predicted molar refractivity (Wildman–Crippen MR) is 329 cm³/mol. The van der Waals surface area contributed by atoms with Crippen LogP contribution in [-0.2, 0) is 14.3 Å². The Balaban J connectivity index is 3.31. The van der Waals surface area contributed by atoms with Crippen LogP contribution in [0.25, 0.3) is 0 Å². The summed E-state index contributed by atoms with van der Waals surface area (Å²) in [6.45, 7) is 4.98. The van der Waals surface area contributed by atoms with E-state index in [1.54, 1.807) is 0 Å². The Labute approximate surface area is 469 Å². The van der Waals surface area contributed by atoms with E-state index in [-0.39, 0.29) is 18.5 Å². The second-order valence-electron chi connectivity index (χ2n) is 23.9. The molecular formula is C69H135NO5. The van der Waals surface area contributed by atoms with Crippen LogP contribution in [0, 0.1) is 0 Å². The fourth-order valence-electron chi connectivity index (χ4n) is 11.1. The lowest BCUT2D eigenvalue weighted by Gasteiger charge is -2.22. The normalized spacial score (nSPS) is 12.5. The maximum absolute atomic E-state index is 12.5. The number of carbonyl (C=O) groups is 2. The summed E-state index contributed by atoms with van der Waals surface area (Å²) in [6, 6.07) is -0.537. The number of ether oxygens (including phenoxy) is 1. The summed E-state index contributed by atoms with van der Waals surface area (Å²) < 4.78 is 5.51. The first-order chi connectivity index (χ1) is 37.0. The number of rotatable bonds is 65. The van der Waals surface area contributed by atoms with Crippen molar-refractivity contribution in [3.05, 3.63) is 12.2 Å². The fourth-order valence-corrected chi connectivity index (χ4v) is 11.1. The van der Waals surface area contributed by atoms with Crippen molar-refractivity contribution in [2.24, 2.45) is 0 Å². The molecule has 0 saturated heterocycles. The molecule has 6 nitrogen and oxygen atoms in total. The lowest BCUT2D eigenvalue weighted by atomic mass is 10.0. The van der Waals surface area contributed by atoms with Gasteiger partial charge < -0.3 is 20.3 Å². The summed E-state index contributed by atoms with van der Waals surface area (Å²) in [5.74, 6) is -0.0120. The number of aliphatic hydroxyl groups is 2. The smallest absolute Gasteiger partial charge is 0.305 e. The molecule has 2 unspecified atom stereocenters. The summed E-state index contributed by atoms with van der Waals surface area (Å²) in [5.41, 5.74) is 0. The van der Waals surface area contributed by atoms with Gasteiger partial charge in [0.1, 0.15) is 0 Å². The topological polar surface area (TPSA) is 95.9 Å². The van der Waals surface area contributed by atoms with Crippen molar-refractivity contribution >= 4 is 11.9 Å². The quantitative estimate of drug-likeness (QED) is 0.0320. The van der Waals surface area contributed by atoms with E-state index >= 15 is 0 Å². The predicted octanol–water partition coefficient (Wildman–Crippen LogP) is 22.0. The molecule has 0 saturated carbocycles. The van der Waals surface area contributed by atoms with E-state index in [0.29, 0.717) is 25.9 Å². The average Bonchev–Trinajstić information content (AvgIpc) is 3.41. The number of unbranched alkanes of at least 4 members (excludes halogenated alkanes) is 52. The summed E-state index contributed by atoms with van der Waals surface area (Å²) in [4.78, 5) is 24.6. The van der Waals surface area contributed by atoms with Crippen molar-refractivity contribution in [3.63, 3.8) is 0 Å². The zero-order chi connectivity index (χ0) is 54.3. The molecule has 0 aromatic carbocycles. The monoisotopic (exact) mass is 1060 g/mol. The number of hydrogen-bond donors (Lipinski definition) is 3. The highest BCUT2D eigenvalue weighted by Gasteiger charge is 2.20. The Kier molecular flexibility index (Phi) is 63.9. The van der Waals surface area contributed by atoms with Crippen LogP contribution in [0.3, 0.4) is 0 Å². The molecule has 0 aliphatic carbocycles. The van der Waals surface area contributed by atoms with Gasteiger partial charge in [-0.15, -0.1) is 0 Å². The summed E-state index contributed by atoms with van der Waals surface area (Å²) in [6.07, 6.45) is 79.7. The van der Waals surface area contributed by atoms with Gasteiger partial charge in [-0.1, -0.05) is 341 Å². The van der Waals surface area contributed by atoms with Crippen LogP contribution in [0.4, 0.5) is 0 Å². The Morgan fingerprint density at radius 3 is 0.947 bits per heavy atom. The molecule has 0 aliphatic rings. The first kappa shape index (κ1) is 73.6. The number of esters is 1. The van der Waals surface area contributed by atoms with E-state index in [4.69, 9.17) is 4.74 Å². The molecule has 0 rings (SSSR count). The highest BCUT2D eigenvalue weighted by molar-refractivity contribution is 5.76. The Morgan fingerprint density at radius 2 is 0.627 bits per heavy atom. The lowest BCUT2D eigenvalue weighted by Crippen LogP contribution is -2.45. The SMILES string of the molecule is CCCCCCCC/C=C\CCCCCCCCCCCC(=O)OCCCCCCCCCCCCCCCCCCCCCCCCCCCCCC(=O)NC(CO)C(O)CCCCCCCCCCCCCC. The van der Waals surface area contributed by atoms with Crippen LogP contribution in [0.2, 0.25) is 0 Å². The fraction of sp³-hybridized carbons (Fsp3) is 0.942. The second kappa shape index (κ2) is 65.1. The van der Waals surface area contributed by atoms with Crippen molar-refractivity contribution in [1.82, 2.24) is 5.32 Å². The first-order valence-electron chi connectivity index (χ1n) is 34.4. The van der Waals surface area contributed by atoms with Crippen molar-refractivity contribution in [2.75, 3.05) is 13.2 Å². The van der Waals surface area contributed by atoms with Crippen molar-refractivity contribution in [3.8, 4) is 0 Å². The molecule has 0 heterocycles. The van der Waals surface area contributed by atoms with E-state index in [1.807, 2.05) is 0 Å². The van der Waals surface area contributed by atoms with Gasteiger partial charge in [-0.3, -0.25) is 9.59 Å². The molecule has 0 spiro atoms. The molecule has 6 heteroatoms. The lowest BCUT2D eigenvalue weighted by molar-refractivity contribution is -0.143. The van der Waals surface area contributed by atoms with Gasteiger partial charge in [-0.2, -0.15) is 0 Å². The molecule has 0 aromatic heterocycles. The molecule has 0 fully saturated rings. The highest BCUT2D eigenvalue weighted by atomic mass is 16.5. The molecule has 3 N–H and O–H groups in total. The van der Waals surface area contributed by atoms with E-state index in [2.05, 4.69) is 31.3 Å². The zero-order valence-electron chi connectivity index (χ0n) is 51.1. The maximum atomic E-state index is 12.5. The van der Waals surface area contributed by atoms with Crippen molar-refractivity contribution < 1.29 is 24.5 Å². The van der Waals surface area contributed by atoms with Gasteiger partial charge in [0.2, 0.25) is 5.91 Å². The minimum absolute atomic E-state index is 0.0185. The molecule has 0 radical (unpaired) electrons. The Bertz CT molecular complexity index is 1130. The number of hydrogen-bond acceptors (Lipinski definition) is 5. The average molecular weight is 1060 g/mol. The van der Waals surface area contributed by atoms with Gasteiger partial charge in [0.05, 0.1) is 25.4 Å². The summed E-state index contributed by atoms with van der Waals surface area (Å²) in [7, 11) is 0. The standard InChI is InChI=1S/C69H135NO5/c1-3-5-7-9-11-13-15-17-18-19-29-33-36-39-43-47-51-55-59-63-69(74)75-64-60-56-52-48-44-40-37-34-31-28-26-24-22-20-21-23-25-27-30-32-35-38-42-46-50-54-58-62-68(73)70-66(65-71)67(72)61-57-53-49-45-41-16-14-12-10-8-6-4-2/h17-18,66-67,71-72H,3-16,19-65H2,1-2H3,(H,70,73)/b18-17-. The Hall–Kier alpha value is -1.40. The van der Waals surface area contributed by atoms with Crippen LogP contribution in [0.15, 0.2) is 12.2 Å². The van der Waals surface area contributed by atoms with Crippen LogP contribution in [0.5, 0.6) is 0 Å². The Morgan fingerprint density at radius 1 is 0.360 bits per heavy atom. The second-order valence-corrected chi connectivity index (χ2v) is 23.9. The minimum atomic E-state index is -0.660. The van der Waals surface area contributed by atoms with Crippen LogP contribution >= 0.6 is 0 Å². The molecule has 0 aliphatic heterocycles. The van der Waals surface area contributed by atoms with Crippen LogP contribution in [-0.4, -0.2) is 47.4 Å². The van der Waals surface area contributed by atoms with Gasteiger partial charge in [0.25, 0.3) is 0 Å². The van der Waals surface area contributed by atoms with Gasteiger partial charge in [-0.25, -0.2) is 0 Å². The molecule has 446 valence electrons. The van der Waals surface area contributed by atoms with Gasteiger partial charge in [0, 0.05) is 12.8 Å². The number of amides is 1. The largest absolute Gasteiger partial charge is 0.466 e.